The first-order chi connectivity index (χ1) is 13.3. The van der Waals surface area contributed by atoms with Crippen LogP contribution in [-0.2, 0) is 14.3 Å². The lowest BCUT2D eigenvalue weighted by Crippen LogP contribution is -2.29. The van der Waals surface area contributed by atoms with Gasteiger partial charge < -0.3 is 10.1 Å². The van der Waals surface area contributed by atoms with Gasteiger partial charge in [-0.25, -0.2) is 9.69 Å². The smallest absolute Gasteiger partial charge is 0.341 e. The molecule has 1 aliphatic rings. The zero-order valence-electron chi connectivity index (χ0n) is 15.6. The number of thiophene rings is 1. The molecule has 1 aromatic carbocycles. The number of nitrogens with zero attached hydrogens (tertiary/aromatic N) is 1. The molecule has 8 heteroatoms. The van der Waals surface area contributed by atoms with Crippen LogP contribution in [0, 0.1) is 13.8 Å². The Morgan fingerprint density at radius 1 is 1.07 bits per heavy atom. The molecule has 0 saturated heterocycles. The SMILES string of the molecule is CCOC(=O)c1c(NC(=O)c2ccc(N3C(=O)C=CC3=O)cc2)sc(C)c1C. The van der Waals surface area contributed by atoms with Gasteiger partial charge in [-0.3, -0.25) is 14.4 Å². The Bertz CT molecular complexity index is 986. The molecule has 7 nitrogen and oxygen atoms in total. The van der Waals surface area contributed by atoms with Gasteiger partial charge in [0.2, 0.25) is 0 Å². The highest BCUT2D eigenvalue weighted by Crippen LogP contribution is 2.33. The second-order valence-electron chi connectivity index (χ2n) is 6.05. The fourth-order valence-corrected chi connectivity index (χ4v) is 3.80. The van der Waals surface area contributed by atoms with E-state index in [4.69, 9.17) is 4.74 Å². The molecule has 3 rings (SSSR count). The number of anilines is 2. The molecule has 144 valence electrons. The first-order valence-electron chi connectivity index (χ1n) is 8.58. The van der Waals surface area contributed by atoms with E-state index in [0.29, 0.717) is 21.8 Å². The third kappa shape index (κ3) is 3.59. The van der Waals surface area contributed by atoms with Crippen molar-refractivity contribution in [2.45, 2.75) is 20.8 Å². The summed E-state index contributed by atoms with van der Waals surface area (Å²) in [5.74, 6) is -1.74. The van der Waals surface area contributed by atoms with Crippen LogP contribution in [0.2, 0.25) is 0 Å². The van der Waals surface area contributed by atoms with Gasteiger partial charge in [-0.1, -0.05) is 0 Å². The maximum Gasteiger partial charge on any atom is 0.341 e. The zero-order valence-corrected chi connectivity index (χ0v) is 16.4. The quantitative estimate of drug-likeness (QED) is 0.617. The van der Waals surface area contributed by atoms with Gasteiger partial charge in [-0.05, 0) is 50.6 Å². The third-order valence-electron chi connectivity index (χ3n) is 4.29. The molecule has 3 amide bonds. The second-order valence-corrected chi connectivity index (χ2v) is 7.28. The molecule has 0 radical (unpaired) electrons. The summed E-state index contributed by atoms with van der Waals surface area (Å²) in [5, 5.41) is 3.18. The molecule has 0 spiro atoms. The van der Waals surface area contributed by atoms with Crippen LogP contribution in [0.25, 0.3) is 0 Å². The normalized spacial score (nSPS) is 13.2. The van der Waals surface area contributed by atoms with Crippen molar-refractivity contribution in [3.05, 3.63) is 58.0 Å². The summed E-state index contributed by atoms with van der Waals surface area (Å²) in [6.45, 7) is 5.63. The Hall–Kier alpha value is -3.26. The maximum absolute atomic E-state index is 12.6. The highest BCUT2D eigenvalue weighted by Gasteiger charge is 2.26. The fraction of sp³-hybridized carbons (Fsp3) is 0.200. The number of carbonyl (C=O) groups is 4. The van der Waals surface area contributed by atoms with Gasteiger partial charge in [0, 0.05) is 22.6 Å². The third-order valence-corrected chi connectivity index (χ3v) is 5.41. The van der Waals surface area contributed by atoms with Crippen molar-refractivity contribution >= 4 is 45.7 Å². The molecule has 0 atom stereocenters. The number of ether oxygens (including phenoxy) is 1. The molecule has 1 aromatic heterocycles. The summed E-state index contributed by atoms with van der Waals surface area (Å²) in [6, 6.07) is 6.07. The monoisotopic (exact) mass is 398 g/mol. The number of rotatable bonds is 5. The van der Waals surface area contributed by atoms with Gasteiger partial charge >= 0.3 is 5.97 Å². The molecule has 1 N–H and O–H groups in total. The second kappa shape index (κ2) is 7.77. The lowest BCUT2D eigenvalue weighted by atomic mass is 10.1. The average Bonchev–Trinajstić information content (AvgIpc) is 3.14. The van der Waals surface area contributed by atoms with E-state index in [1.165, 1.54) is 47.8 Å². The number of hydrogen-bond acceptors (Lipinski definition) is 6. The van der Waals surface area contributed by atoms with Crippen molar-refractivity contribution < 1.29 is 23.9 Å². The van der Waals surface area contributed by atoms with Crippen molar-refractivity contribution in [1.29, 1.82) is 0 Å². The van der Waals surface area contributed by atoms with Gasteiger partial charge in [-0.2, -0.15) is 0 Å². The number of hydrogen-bond donors (Lipinski definition) is 1. The Morgan fingerprint density at radius 3 is 2.25 bits per heavy atom. The maximum atomic E-state index is 12.6. The predicted octanol–water partition coefficient (Wildman–Crippen LogP) is 3.22. The minimum atomic E-state index is -0.478. The van der Waals surface area contributed by atoms with Crippen LogP contribution in [-0.4, -0.2) is 30.3 Å². The lowest BCUT2D eigenvalue weighted by Gasteiger charge is -2.14. The van der Waals surface area contributed by atoms with E-state index in [9.17, 15) is 19.2 Å². The van der Waals surface area contributed by atoms with Crippen LogP contribution >= 0.6 is 11.3 Å². The number of benzene rings is 1. The fourth-order valence-electron chi connectivity index (χ4n) is 2.76. The van der Waals surface area contributed by atoms with Crippen LogP contribution in [0.5, 0.6) is 0 Å². The van der Waals surface area contributed by atoms with Crippen molar-refractivity contribution in [3.63, 3.8) is 0 Å². The van der Waals surface area contributed by atoms with Crippen LogP contribution in [0.4, 0.5) is 10.7 Å². The van der Waals surface area contributed by atoms with E-state index >= 15 is 0 Å². The summed E-state index contributed by atoms with van der Waals surface area (Å²) in [6.07, 6.45) is 2.39. The Morgan fingerprint density at radius 2 is 1.68 bits per heavy atom. The number of nitrogens with one attached hydrogen (secondary N) is 1. The molecule has 28 heavy (non-hydrogen) atoms. The summed E-state index contributed by atoms with van der Waals surface area (Å²) < 4.78 is 5.08. The Balaban J connectivity index is 1.81. The van der Waals surface area contributed by atoms with Gasteiger partial charge in [0.15, 0.2) is 0 Å². The minimum absolute atomic E-state index is 0.241. The summed E-state index contributed by atoms with van der Waals surface area (Å²) in [5.41, 5.74) is 1.84. The van der Waals surface area contributed by atoms with Crippen LogP contribution in [0.3, 0.4) is 0 Å². The van der Waals surface area contributed by atoms with Crippen molar-refractivity contribution in [3.8, 4) is 0 Å². The van der Waals surface area contributed by atoms with E-state index in [1.54, 1.807) is 13.8 Å². The largest absolute Gasteiger partial charge is 0.462 e. The average molecular weight is 398 g/mol. The molecule has 0 saturated carbocycles. The van der Waals surface area contributed by atoms with E-state index in [-0.39, 0.29) is 6.61 Å². The predicted molar refractivity (Wildman–Crippen MR) is 106 cm³/mol. The molecular weight excluding hydrogens is 380 g/mol. The highest BCUT2D eigenvalue weighted by molar-refractivity contribution is 7.16. The number of amides is 3. The van der Waals surface area contributed by atoms with Gasteiger partial charge in [0.1, 0.15) is 5.00 Å². The number of esters is 1. The molecule has 0 bridgehead atoms. The molecule has 0 aliphatic carbocycles. The Kier molecular flexibility index (Phi) is 5.41. The summed E-state index contributed by atoms with van der Waals surface area (Å²) in [4.78, 5) is 50.2. The van der Waals surface area contributed by atoms with Crippen LogP contribution in [0.15, 0.2) is 36.4 Å². The van der Waals surface area contributed by atoms with Crippen LogP contribution < -0.4 is 10.2 Å². The minimum Gasteiger partial charge on any atom is -0.462 e. The van der Waals surface area contributed by atoms with E-state index in [2.05, 4.69) is 5.32 Å². The van der Waals surface area contributed by atoms with E-state index < -0.39 is 23.7 Å². The molecule has 0 fully saturated rings. The van der Waals surface area contributed by atoms with Gasteiger partial charge in [0.25, 0.3) is 17.7 Å². The zero-order chi connectivity index (χ0) is 20.4. The summed E-state index contributed by atoms with van der Waals surface area (Å²) in [7, 11) is 0. The topological polar surface area (TPSA) is 92.8 Å². The van der Waals surface area contributed by atoms with Gasteiger partial charge in [0.05, 0.1) is 17.9 Å². The summed E-state index contributed by atoms with van der Waals surface area (Å²) >= 11 is 1.30. The highest BCUT2D eigenvalue weighted by atomic mass is 32.1. The van der Waals surface area contributed by atoms with Crippen molar-refractivity contribution in [2.24, 2.45) is 0 Å². The number of carbonyl (C=O) groups excluding carboxylic acids is 4. The van der Waals surface area contributed by atoms with E-state index in [0.717, 1.165) is 15.3 Å². The van der Waals surface area contributed by atoms with Gasteiger partial charge in [-0.15, -0.1) is 11.3 Å². The number of imide groups is 1. The molecule has 2 heterocycles. The number of aryl methyl sites for hydroxylation is 1. The molecule has 2 aromatic rings. The Labute approximate surface area is 165 Å². The lowest BCUT2D eigenvalue weighted by molar-refractivity contribution is -0.119. The van der Waals surface area contributed by atoms with E-state index in [1.807, 2.05) is 6.92 Å². The molecule has 0 unspecified atom stereocenters. The standard InChI is InChI=1S/C20H18N2O5S/c1-4-27-20(26)17-11(2)12(3)28-19(17)21-18(25)13-5-7-14(8-6-13)22-15(23)9-10-16(22)24/h5-10H,4H2,1-3H3,(H,21,25). The molecular formula is C20H18N2O5S. The first kappa shape index (κ1) is 19.5. The van der Waals surface area contributed by atoms with Crippen molar-refractivity contribution in [2.75, 3.05) is 16.8 Å². The first-order valence-corrected chi connectivity index (χ1v) is 9.39. The molecule has 1 aliphatic heterocycles. The van der Waals surface area contributed by atoms with Crippen LogP contribution in [0.1, 0.15) is 38.1 Å². The van der Waals surface area contributed by atoms with Crippen molar-refractivity contribution in [1.82, 2.24) is 0 Å².